The Morgan fingerprint density at radius 2 is 1.50 bits per heavy atom. The lowest BCUT2D eigenvalue weighted by molar-refractivity contribution is 1.48. The quantitative estimate of drug-likeness (QED) is 0.658. The van der Waals surface area contributed by atoms with E-state index in [2.05, 4.69) is 23.8 Å². The third-order valence-electron chi connectivity index (χ3n) is 3.58. The molecule has 0 atom stereocenters. The van der Waals surface area contributed by atoms with Crippen molar-refractivity contribution in [3.8, 4) is 0 Å². The number of nitrogens with zero attached hydrogens (tertiary/aromatic N) is 1. The van der Waals surface area contributed by atoms with Crippen molar-refractivity contribution in [3.05, 3.63) is 90.0 Å². The van der Waals surface area contributed by atoms with Gasteiger partial charge in [-0.2, -0.15) is 0 Å². The number of allylic oxidation sites excluding steroid dienone is 1. The SMILES string of the molecule is C=N/C(=C\C(=N)c1ccc2ccccc2c1)c1ccccc1. The Morgan fingerprint density at radius 3 is 2.23 bits per heavy atom. The molecular weight excluding hydrogens is 268 g/mol. The van der Waals surface area contributed by atoms with Gasteiger partial charge < -0.3 is 5.41 Å². The van der Waals surface area contributed by atoms with Crippen molar-refractivity contribution in [2.45, 2.75) is 0 Å². The van der Waals surface area contributed by atoms with Crippen LogP contribution in [0.5, 0.6) is 0 Å². The van der Waals surface area contributed by atoms with Gasteiger partial charge in [0.05, 0.1) is 11.4 Å². The molecule has 0 aliphatic carbocycles. The molecule has 0 bridgehead atoms. The minimum Gasteiger partial charge on any atom is -0.300 e. The van der Waals surface area contributed by atoms with E-state index in [1.807, 2.05) is 60.7 Å². The second kappa shape index (κ2) is 6.19. The van der Waals surface area contributed by atoms with E-state index in [4.69, 9.17) is 5.41 Å². The molecule has 2 heteroatoms. The van der Waals surface area contributed by atoms with E-state index in [9.17, 15) is 0 Å². The number of aliphatic imine (C=N–C) groups is 1. The molecule has 0 radical (unpaired) electrons. The van der Waals surface area contributed by atoms with E-state index in [0.29, 0.717) is 11.4 Å². The van der Waals surface area contributed by atoms with Crippen molar-refractivity contribution in [2.75, 3.05) is 0 Å². The summed E-state index contributed by atoms with van der Waals surface area (Å²) in [7, 11) is 0. The third kappa shape index (κ3) is 2.86. The van der Waals surface area contributed by atoms with Crippen LogP contribution in [0.3, 0.4) is 0 Å². The molecule has 0 saturated carbocycles. The Hall–Kier alpha value is -3.00. The zero-order chi connectivity index (χ0) is 15.4. The van der Waals surface area contributed by atoms with Crippen molar-refractivity contribution in [1.82, 2.24) is 0 Å². The molecule has 0 aliphatic heterocycles. The highest BCUT2D eigenvalue weighted by Crippen LogP contribution is 2.19. The van der Waals surface area contributed by atoms with Crippen molar-refractivity contribution in [2.24, 2.45) is 4.99 Å². The van der Waals surface area contributed by atoms with E-state index in [1.165, 1.54) is 5.39 Å². The summed E-state index contributed by atoms with van der Waals surface area (Å²) in [5, 5.41) is 10.6. The Kier molecular flexibility index (Phi) is 3.92. The van der Waals surface area contributed by atoms with Crippen LogP contribution < -0.4 is 0 Å². The summed E-state index contributed by atoms with van der Waals surface area (Å²) in [6.07, 6.45) is 1.76. The second-order valence-electron chi connectivity index (χ2n) is 5.03. The van der Waals surface area contributed by atoms with Gasteiger partial charge in [-0.25, -0.2) is 0 Å². The van der Waals surface area contributed by atoms with E-state index in [1.54, 1.807) is 6.08 Å². The van der Waals surface area contributed by atoms with Crippen LogP contribution in [0.2, 0.25) is 0 Å². The Balaban J connectivity index is 1.98. The molecule has 0 aromatic heterocycles. The lowest BCUT2D eigenvalue weighted by Gasteiger charge is -2.05. The molecule has 0 amide bonds. The van der Waals surface area contributed by atoms with Crippen molar-refractivity contribution < 1.29 is 0 Å². The molecule has 0 aliphatic rings. The number of fused-ring (bicyclic) bond motifs is 1. The summed E-state index contributed by atoms with van der Waals surface area (Å²) in [5.74, 6) is 0. The first-order valence-corrected chi connectivity index (χ1v) is 7.09. The monoisotopic (exact) mass is 284 g/mol. The van der Waals surface area contributed by atoms with E-state index >= 15 is 0 Å². The molecule has 0 saturated heterocycles. The molecule has 22 heavy (non-hydrogen) atoms. The van der Waals surface area contributed by atoms with Crippen molar-refractivity contribution >= 4 is 28.9 Å². The van der Waals surface area contributed by atoms with E-state index < -0.39 is 0 Å². The molecule has 1 N–H and O–H groups in total. The van der Waals surface area contributed by atoms with Crippen LogP contribution in [0.4, 0.5) is 0 Å². The maximum Gasteiger partial charge on any atom is 0.0716 e. The maximum atomic E-state index is 8.32. The third-order valence-corrected chi connectivity index (χ3v) is 3.58. The predicted octanol–water partition coefficient (Wildman–Crippen LogP) is 4.95. The normalized spacial score (nSPS) is 11.4. The first-order chi connectivity index (χ1) is 10.8. The number of nitrogens with one attached hydrogen (secondary N) is 1. The number of rotatable bonds is 4. The van der Waals surface area contributed by atoms with Crippen LogP contribution in [0, 0.1) is 5.41 Å². The van der Waals surface area contributed by atoms with Gasteiger partial charge in [-0.1, -0.05) is 66.7 Å². The van der Waals surface area contributed by atoms with Gasteiger partial charge in [-0.15, -0.1) is 0 Å². The zero-order valence-corrected chi connectivity index (χ0v) is 12.2. The van der Waals surface area contributed by atoms with Crippen molar-refractivity contribution in [3.63, 3.8) is 0 Å². The summed E-state index contributed by atoms with van der Waals surface area (Å²) >= 11 is 0. The predicted molar refractivity (Wildman–Crippen MR) is 94.7 cm³/mol. The fourth-order valence-corrected chi connectivity index (χ4v) is 2.41. The lowest BCUT2D eigenvalue weighted by Crippen LogP contribution is -1.96. The molecule has 3 rings (SSSR count). The van der Waals surface area contributed by atoms with Gasteiger partial charge in [0, 0.05) is 11.1 Å². The number of hydrogen-bond acceptors (Lipinski definition) is 2. The first-order valence-electron chi connectivity index (χ1n) is 7.09. The smallest absolute Gasteiger partial charge is 0.0716 e. The van der Waals surface area contributed by atoms with Crippen molar-refractivity contribution in [1.29, 1.82) is 5.41 Å². The first kappa shape index (κ1) is 14.0. The Labute approximate surface area is 130 Å². The fraction of sp³-hybridized carbons (Fsp3) is 0. The van der Waals surface area contributed by atoms with E-state index in [0.717, 1.165) is 16.5 Å². The Morgan fingerprint density at radius 1 is 0.818 bits per heavy atom. The molecule has 0 spiro atoms. The van der Waals surface area contributed by atoms with Crippen LogP contribution in [-0.4, -0.2) is 12.4 Å². The highest BCUT2D eigenvalue weighted by atomic mass is 14.7. The van der Waals surface area contributed by atoms with Gasteiger partial charge in [0.1, 0.15) is 0 Å². The zero-order valence-electron chi connectivity index (χ0n) is 12.2. The second-order valence-corrected chi connectivity index (χ2v) is 5.03. The average Bonchev–Trinajstić information content (AvgIpc) is 2.59. The van der Waals surface area contributed by atoms with Gasteiger partial charge in [0.2, 0.25) is 0 Å². The molecule has 0 heterocycles. The molecule has 3 aromatic rings. The summed E-state index contributed by atoms with van der Waals surface area (Å²) in [6, 6.07) is 24.0. The van der Waals surface area contributed by atoms with Gasteiger partial charge in [-0.3, -0.25) is 4.99 Å². The molecular formula is C20H16N2. The number of hydrogen-bond donors (Lipinski definition) is 1. The van der Waals surface area contributed by atoms with Crippen LogP contribution in [-0.2, 0) is 0 Å². The highest BCUT2D eigenvalue weighted by Gasteiger charge is 2.04. The highest BCUT2D eigenvalue weighted by molar-refractivity contribution is 6.11. The summed E-state index contributed by atoms with van der Waals surface area (Å²) in [6.45, 7) is 3.62. The van der Waals surface area contributed by atoms with Gasteiger partial charge in [0.25, 0.3) is 0 Å². The molecule has 0 unspecified atom stereocenters. The van der Waals surface area contributed by atoms with Gasteiger partial charge in [0.15, 0.2) is 0 Å². The van der Waals surface area contributed by atoms with Crippen LogP contribution >= 0.6 is 0 Å². The summed E-state index contributed by atoms with van der Waals surface area (Å²) in [5.41, 5.74) is 2.97. The molecule has 2 nitrogen and oxygen atoms in total. The van der Waals surface area contributed by atoms with Crippen LogP contribution in [0.25, 0.3) is 16.5 Å². The van der Waals surface area contributed by atoms with E-state index in [-0.39, 0.29) is 0 Å². The largest absolute Gasteiger partial charge is 0.300 e. The van der Waals surface area contributed by atoms with Crippen LogP contribution in [0.15, 0.2) is 83.9 Å². The summed E-state index contributed by atoms with van der Waals surface area (Å²) in [4.78, 5) is 4.06. The van der Waals surface area contributed by atoms with Crippen LogP contribution in [0.1, 0.15) is 11.1 Å². The standard InChI is InChI=1S/C20H16N2/c1-22-20(16-8-3-2-4-9-16)14-19(21)18-12-11-15-7-5-6-10-17(15)13-18/h2-14,21H,1H2/b20-14-,21-19?. The van der Waals surface area contributed by atoms with Gasteiger partial charge in [-0.05, 0) is 29.6 Å². The summed E-state index contributed by atoms with van der Waals surface area (Å²) < 4.78 is 0. The Bertz CT molecular complexity index is 861. The minimum absolute atomic E-state index is 0.428. The molecule has 106 valence electrons. The fourth-order valence-electron chi connectivity index (χ4n) is 2.41. The topological polar surface area (TPSA) is 36.2 Å². The average molecular weight is 284 g/mol. The molecule has 3 aromatic carbocycles. The minimum atomic E-state index is 0.428. The lowest BCUT2D eigenvalue weighted by atomic mass is 10.0. The number of benzene rings is 3. The maximum absolute atomic E-state index is 8.32. The van der Waals surface area contributed by atoms with Gasteiger partial charge >= 0.3 is 0 Å². The molecule has 0 fully saturated rings.